The summed E-state index contributed by atoms with van der Waals surface area (Å²) in [5.41, 5.74) is 0. The average Bonchev–Trinajstić information content (AvgIpc) is 2.47. The third-order valence-electron chi connectivity index (χ3n) is 2.60. The summed E-state index contributed by atoms with van der Waals surface area (Å²) in [6, 6.07) is 0.676. The van der Waals surface area contributed by atoms with Gasteiger partial charge in [0.25, 0.3) is 0 Å². The smallest absolute Gasteiger partial charge is 0.221 e. The third kappa shape index (κ3) is 3.96. The first-order chi connectivity index (χ1) is 5.74. The van der Waals surface area contributed by atoms with Crippen LogP contribution < -0.4 is 5.32 Å². The summed E-state index contributed by atoms with van der Waals surface area (Å²) in [7, 11) is 1.69. The molecule has 1 aliphatic heterocycles. The van der Waals surface area contributed by atoms with Gasteiger partial charge in [0, 0.05) is 26.1 Å². The zero-order chi connectivity index (χ0) is 8.97. The predicted molar refractivity (Wildman–Crippen MR) is 56.2 cm³/mol. The lowest BCUT2D eigenvalue weighted by molar-refractivity contribution is -0.120. The molecule has 0 saturated carbocycles. The highest BCUT2D eigenvalue weighted by Gasteiger charge is 2.19. The van der Waals surface area contributed by atoms with Crippen molar-refractivity contribution in [3.8, 4) is 0 Å². The first kappa shape index (κ1) is 12.7. The summed E-state index contributed by atoms with van der Waals surface area (Å²) in [5.74, 6) is 0.147. The number of hydrogen-bond donors (Lipinski definition) is 1. The fraction of sp³-hybridized carbons (Fsp3) is 0.889. The van der Waals surface area contributed by atoms with Crippen LogP contribution in [0.5, 0.6) is 0 Å². The number of halogens is 1. The topological polar surface area (TPSA) is 32.3 Å². The van der Waals surface area contributed by atoms with Gasteiger partial charge in [-0.3, -0.25) is 4.79 Å². The number of likely N-dealkylation sites (tertiary alicyclic amines) is 1. The maximum atomic E-state index is 10.9. The van der Waals surface area contributed by atoms with Gasteiger partial charge in [0.05, 0.1) is 0 Å². The molecular weight excluding hydrogens is 188 g/mol. The Morgan fingerprint density at radius 1 is 1.62 bits per heavy atom. The molecule has 1 fully saturated rings. The van der Waals surface area contributed by atoms with Crippen molar-refractivity contribution >= 4 is 18.3 Å². The minimum atomic E-state index is 0. The number of carbonyl (C=O) groups excluding carboxylic acids is 1. The Kier molecular flexibility index (Phi) is 6.08. The molecule has 78 valence electrons. The van der Waals surface area contributed by atoms with Crippen LogP contribution in [0.4, 0.5) is 0 Å². The Morgan fingerprint density at radius 2 is 2.31 bits per heavy atom. The Bertz CT molecular complexity index is 164. The van der Waals surface area contributed by atoms with Gasteiger partial charge in [0.2, 0.25) is 5.91 Å². The molecular formula is C9H19ClN2O. The van der Waals surface area contributed by atoms with E-state index in [9.17, 15) is 4.79 Å². The second-order valence-electron chi connectivity index (χ2n) is 3.45. The molecule has 1 amide bonds. The van der Waals surface area contributed by atoms with Crippen LogP contribution in [0.3, 0.4) is 0 Å². The van der Waals surface area contributed by atoms with Crippen LogP contribution in [-0.2, 0) is 4.79 Å². The van der Waals surface area contributed by atoms with Crippen molar-refractivity contribution in [2.75, 3.05) is 20.1 Å². The minimum Gasteiger partial charge on any atom is -0.359 e. The zero-order valence-corrected chi connectivity index (χ0v) is 9.19. The van der Waals surface area contributed by atoms with Crippen molar-refractivity contribution < 1.29 is 4.79 Å². The van der Waals surface area contributed by atoms with E-state index in [-0.39, 0.29) is 18.3 Å². The number of hydrogen-bond acceptors (Lipinski definition) is 2. The van der Waals surface area contributed by atoms with Crippen LogP contribution in [0, 0.1) is 0 Å². The Morgan fingerprint density at radius 3 is 2.77 bits per heavy atom. The second kappa shape index (κ2) is 6.22. The molecule has 1 unspecified atom stereocenters. The molecule has 1 rings (SSSR count). The highest BCUT2D eigenvalue weighted by molar-refractivity contribution is 5.85. The average molecular weight is 207 g/mol. The molecule has 0 aromatic heterocycles. The van der Waals surface area contributed by atoms with Crippen molar-refractivity contribution in [3.63, 3.8) is 0 Å². The molecule has 0 aromatic carbocycles. The van der Waals surface area contributed by atoms with Gasteiger partial charge >= 0.3 is 0 Å². The highest BCUT2D eigenvalue weighted by Crippen LogP contribution is 2.15. The lowest BCUT2D eigenvalue weighted by atomic mass is 10.2. The molecule has 1 aliphatic rings. The van der Waals surface area contributed by atoms with Crippen LogP contribution >= 0.6 is 12.4 Å². The van der Waals surface area contributed by atoms with E-state index in [0.29, 0.717) is 12.5 Å². The normalized spacial score (nSPS) is 22.5. The summed E-state index contributed by atoms with van der Waals surface area (Å²) in [5, 5.41) is 2.64. The standard InChI is InChI=1S/C9H18N2O.ClH/c1-8-4-3-6-11(8)7-5-9(12)10-2;/h8H,3-7H2,1-2H3,(H,10,12);1H. The first-order valence-electron chi connectivity index (χ1n) is 4.68. The van der Waals surface area contributed by atoms with Crippen molar-refractivity contribution in [1.82, 2.24) is 10.2 Å². The van der Waals surface area contributed by atoms with E-state index in [1.54, 1.807) is 7.05 Å². The number of nitrogens with one attached hydrogen (secondary N) is 1. The van der Waals surface area contributed by atoms with E-state index in [0.717, 1.165) is 13.1 Å². The number of rotatable bonds is 3. The van der Waals surface area contributed by atoms with Crippen LogP contribution in [0.25, 0.3) is 0 Å². The van der Waals surface area contributed by atoms with E-state index >= 15 is 0 Å². The largest absolute Gasteiger partial charge is 0.359 e. The SMILES string of the molecule is CNC(=O)CCN1CCCC1C.Cl. The molecule has 0 aliphatic carbocycles. The zero-order valence-electron chi connectivity index (χ0n) is 8.38. The van der Waals surface area contributed by atoms with E-state index in [1.165, 1.54) is 12.8 Å². The molecule has 1 heterocycles. The van der Waals surface area contributed by atoms with Gasteiger partial charge < -0.3 is 10.2 Å². The molecule has 0 spiro atoms. The van der Waals surface area contributed by atoms with E-state index < -0.39 is 0 Å². The van der Waals surface area contributed by atoms with Gasteiger partial charge in [-0.25, -0.2) is 0 Å². The van der Waals surface area contributed by atoms with E-state index in [2.05, 4.69) is 17.1 Å². The van der Waals surface area contributed by atoms with Gasteiger partial charge in [-0.1, -0.05) is 0 Å². The Labute approximate surface area is 86.3 Å². The maximum Gasteiger partial charge on any atom is 0.221 e. The third-order valence-corrected chi connectivity index (χ3v) is 2.60. The molecule has 0 aromatic rings. The molecule has 1 N–H and O–H groups in total. The number of amides is 1. The molecule has 1 atom stereocenters. The predicted octanol–water partition coefficient (Wildman–Crippen LogP) is 1.03. The Balaban J connectivity index is 0.00000144. The first-order valence-corrected chi connectivity index (χ1v) is 4.68. The highest BCUT2D eigenvalue weighted by atomic mass is 35.5. The second-order valence-corrected chi connectivity index (χ2v) is 3.45. The molecule has 4 heteroatoms. The molecule has 1 saturated heterocycles. The lowest BCUT2D eigenvalue weighted by Gasteiger charge is -2.19. The molecule has 0 bridgehead atoms. The fourth-order valence-corrected chi connectivity index (χ4v) is 1.70. The number of carbonyl (C=O) groups is 1. The Hall–Kier alpha value is -0.280. The monoisotopic (exact) mass is 206 g/mol. The fourth-order valence-electron chi connectivity index (χ4n) is 1.70. The number of nitrogens with zero attached hydrogens (tertiary/aromatic N) is 1. The van der Waals surface area contributed by atoms with Crippen LogP contribution in [-0.4, -0.2) is 37.0 Å². The van der Waals surface area contributed by atoms with Crippen molar-refractivity contribution in [1.29, 1.82) is 0 Å². The minimum absolute atomic E-state index is 0. The summed E-state index contributed by atoms with van der Waals surface area (Å²) in [6.07, 6.45) is 3.21. The maximum absolute atomic E-state index is 10.9. The summed E-state index contributed by atoms with van der Waals surface area (Å²) in [6.45, 7) is 4.32. The van der Waals surface area contributed by atoms with Gasteiger partial charge in [-0.15, -0.1) is 12.4 Å². The van der Waals surface area contributed by atoms with Crippen molar-refractivity contribution in [2.45, 2.75) is 32.2 Å². The van der Waals surface area contributed by atoms with Gasteiger partial charge in [0.15, 0.2) is 0 Å². The van der Waals surface area contributed by atoms with E-state index in [4.69, 9.17) is 0 Å². The quantitative estimate of drug-likeness (QED) is 0.748. The van der Waals surface area contributed by atoms with Crippen molar-refractivity contribution in [2.24, 2.45) is 0 Å². The van der Waals surface area contributed by atoms with Gasteiger partial charge in [-0.2, -0.15) is 0 Å². The van der Waals surface area contributed by atoms with Crippen LogP contribution in [0.1, 0.15) is 26.2 Å². The van der Waals surface area contributed by atoms with Crippen molar-refractivity contribution in [3.05, 3.63) is 0 Å². The summed E-state index contributed by atoms with van der Waals surface area (Å²) < 4.78 is 0. The molecule has 0 radical (unpaired) electrons. The lowest BCUT2D eigenvalue weighted by Crippen LogP contribution is -2.31. The van der Waals surface area contributed by atoms with E-state index in [1.807, 2.05) is 0 Å². The van der Waals surface area contributed by atoms with Gasteiger partial charge in [0.1, 0.15) is 0 Å². The van der Waals surface area contributed by atoms with Gasteiger partial charge in [-0.05, 0) is 26.3 Å². The summed E-state index contributed by atoms with van der Waals surface area (Å²) in [4.78, 5) is 13.3. The molecule has 3 nitrogen and oxygen atoms in total. The van der Waals surface area contributed by atoms with Crippen LogP contribution in [0.2, 0.25) is 0 Å². The molecule has 13 heavy (non-hydrogen) atoms. The summed E-state index contributed by atoms with van der Waals surface area (Å²) >= 11 is 0. The van der Waals surface area contributed by atoms with Crippen LogP contribution in [0.15, 0.2) is 0 Å².